The molecule has 1 saturated heterocycles. The predicted octanol–water partition coefficient (Wildman–Crippen LogP) is 2.26. The highest BCUT2D eigenvalue weighted by atomic mass is 16.5. The van der Waals surface area contributed by atoms with E-state index in [1.165, 1.54) is 6.42 Å². The molecule has 0 saturated carbocycles. The monoisotopic (exact) mass is 263 g/mol. The number of nitrogens with one attached hydrogen (secondary N) is 1. The molecule has 2 rings (SSSR count). The van der Waals surface area contributed by atoms with E-state index in [0.717, 1.165) is 31.4 Å². The molecule has 0 bridgehead atoms. The van der Waals surface area contributed by atoms with Crippen LogP contribution in [0.15, 0.2) is 12.3 Å². The van der Waals surface area contributed by atoms with Gasteiger partial charge in [-0.15, -0.1) is 0 Å². The lowest BCUT2D eigenvalue weighted by molar-refractivity contribution is -0.117. The van der Waals surface area contributed by atoms with Crippen LogP contribution in [0, 0.1) is 6.92 Å². The Kier molecular flexibility index (Phi) is 4.74. The third kappa shape index (κ3) is 4.21. The van der Waals surface area contributed by atoms with Crippen molar-refractivity contribution in [3.8, 4) is 0 Å². The Morgan fingerprint density at radius 3 is 3.11 bits per heavy atom. The summed E-state index contributed by atoms with van der Waals surface area (Å²) in [6, 6.07) is 1.80. The minimum atomic E-state index is -0.0189. The Labute approximate surface area is 113 Å². The van der Waals surface area contributed by atoms with Crippen LogP contribution in [0.25, 0.3) is 0 Å². The minimum absolute atomic E-state index is 0.0189. The van der Waals surface area contributed by atoms with Crippen molar-refractivity contribution in [1.29, 1.82) is 0 Å². The predicted molar refractivity (Wildman–Crippen MR) is 74.8 cm³/mol. The van der Waals surface area contributed by atoms with Crippen LogP contribution in [-0.4, -0.2) is 23.6 Å². The third-order valence-corrected chi connectivity index (χ3v) is 3.32. The molecule has 5 heteroatoms. The van der Waals surface area contributed by atoms with E-state index < -0.39 is 0 Å². The summed E-state index contributed by atoms with van der Waals surface area (Å²) in [7, 11) is 0. The number of nitrogen functional groups attached to an aromatic ring is 1. The van der Waals surface area contributed by atoms with Crippen LogP contribution >= 0.6 is 0 Å². The number of nitrogens with two attached hydrogens (primary N) is 1. The first-order chi connectivity index (χ1) is 9.15. The highest BCUT2D eigenvalue weighted by molar-refractivity contribution is 5.90. The largest absolute Gasteiger partial charge is 0.397 e. The second kappa shape index (κ2) is 6.52. The molecule has 0 aromatic carbocycles. The second-order valence-electron chi connectivity index (χ2n) is 5.01. The maximum absolute atomic E-state index is 11.9. The molecule has 0 spiro atoms. The van der Waals surface area contributed by atoms with Crippen LogP contribution in [0.2, 0.25) is 0 Å². The molecule has 1 atom stereocenters. The van der Waals surface area contributed by atoms with Crippen LogP contribution in [-0.2, 0) is 9.53 Å². The van der Waals surface area contributed by atoms with Crippen LogP contribution < -0.4 is 11.1 Å². The zero-order valence-corrected chi connectivity index (χ0v) is 11.3. The zero-order valence-electron chi connectivity index (χ0n) is 11.3. The number of carbonyl (C=O) groups excluding carboxylic acids is 1. The van der Waals surface area contributed by atoms with Gasteiger partial charge >= 0.3 is 0 Å². The molecule has 0 radical (unpaired) electrons. The summed E-state index contributed by atoms with van der Waals surface area (Å²) in [5.74, 6) is 0.568. The Morgan fingerprint density at radius 1 is 1.58 bits per heavy atom. The third-order valence-electron chi connectivity index (χ3n) is 3.32. The van der Waals surface area contributed by atoms with Gasteiger partial charge in [0.2, 0.25) is 5.91 Å². The number of rotatable bonds is 4. The summed E-state index contributed by atoms with van der Waals surface area (Å²) in [5.41, 5.74) is 7.10. The number of ether oxygens (including phenoxy) is 1. The van der Waals surface area contributed by atoms with Crippen LogP contribution in [0.5, 0.6) is 0 Å². The van der Waals surface area contributed by atoms with E-state index in [1.807, 2.05) is 6.92 Å². The number of hydrogen-bond acceptors (Lipinski definition) is 4. The van der Waals surface area contributed by atoms with Crippen LogP contribution in [0.3, 0.4) is 0 Å². The van der Waals surface area contributed by atoms with E-state index in [4.69, 9.17) is 10.5 Å². The average Bonchev–Trinajstić information content (AvgIpc) is 2.41. The fraction of sp³-hybridized carbons (Fsp3) is 0.571. The van der Waals surface area contributed by atoms with Crippen molar-refractivity contribution in [2.24, 2.45) is 0 Å². The summed E-state index contributed by atoms with van der Waals surface area (Å²) < 4.78 is 5.61. The number of hydrogen-bond donors (Lipinski definition) is 2. The van der Waals surface area contributed by atoms with E-state index in [-0.39, 0.29) is 12.0 Å². The molecule has 1 aliphatic heterocycles. The fourth-order valence-electron chi connectivity index (χ4n) is 2.25. The summed E-state index contributed by atoms with van der Waals surface area (Å²) in [5, 5.41) is 2.82. The lowest BCUT2D eigenvalue weighted by Gasteiger charge is -2.22. The highest BCUT2D eigenvalue weighted by Gasteiger charge is 2.15. The topological polar surface area (TPSA) is 77.2 Å². The zero-order chi connectivity index (χ0) is 13.7. The summed E-state index contributed by atoms with van der Waals surface area (Å²) in [4.78, 5) is 16.0. The number of pyridine rings is 1. The van der Waals surface area contributed by atoms with Crippen molar-refractivity contribution in [1.82, 2.24) is 4.98 Å². The Balaban J connectivity index is 1.80. The van der Waals surface area contributed by atoms with Gasteiger partial charge in [0.25, 0.3) is 0 Å². The number of carbonyl (C=O) groups is 1. The van der Waals surface area contributed by atoms with Gasteiger partial charge in [0.15, 0.2) is 0 Å². The van der Waals surface area contributed by atoms with Crippen molar-refractivity contribution in [2.45, 2.75) is 45.1 Å². The molecule has 0 aliphatic carbocycles. The van der Waals surface area contributed by atoms with Crippen molar-refractivity contribution < 1.29 is 9.53 Å². The van der Waals surface area contributed by atoms with Gasteiger partial charge in [-0.25, -0.2) is 4.98 Å². The summed E-state index contributed by atoms with van der Waals surface area (Å²) in [6.07, 6.45) is 6.43. The molecule has 1 amide bonds. The lowest BCUT2D eigenvalue weighted by atomic mass is 10.0. The molecule has 19 heavy (non-hydrogen) atoms. The molecule has 3 N–H and O–H groups in total. The molecule has 1 aromatic heterocycles. The molecule has 104 valence electrons. The molecule has 1 fully saturated rings. The van der Waals surface area contributed by atoms with Gasteiger partial charge in [0.05, 0.1) is 18.0 Å². The first kappa shape index (κ1) is 13.8. The first-order valence-corrected chi connectivity index (χ1v) is 6.79. The van der Waals surface area contributed by atoms with Crippen molar-refractivity contribution in [3.05, 3.63) is 17.8 Å². The van der Waals surface area contributed by atoms with Gasteiger partial charge in [-0.2, -0.15) is 0 Å². The maximum Gasteiger partial charge on any atom is 0.225 e. The first-order valence-electron chi connectivity index (χ1n) is 6.79. The molecular weight excluding hydrogens is 242 g/mol. The van der Waals surface area contributed by atoms with Gasteiger partial charge < -0.3 is 15.8 Å². The number of aromatic nitrogens is 1. The fourth-order valence-corrected chi connectivity index (χ4v) is 2.25. The molecule has 1 unspecified atom stereocenters. The van der Waals surface area contributed by atoms with Gasteiger partial charge in [-0.1, -0.05) is 0 Å². The van der Waals surface area contributed by atoms with E-state index in [0.29, 0.717) is 17.9 Å². The maximum atomic E-state index is 11.9. The van der Waals surface area contributed by atoms with E-state index in [1.54, 1.807) is 12.3 Å². The van der Waals surface area contributed by atoms with Gasteiger partial charge in [-0.3, -0.25) is 4.79 Å². The number of nitrogens with zero attached hydrogens (tertiary/aromatic N) is 1. The quantitative estimate of drug-likeness (QED) is 0.873. The van der Waals surface area contributed by atoms with E-state index in [9.17, 15) is 4.79 Å². The van der Waals surface area contributed by atoms with E-state index >= 15 is 0 Å². The SMILES string of the molecule is Cc1cc(N)cnc1NC(=O)CCC1CCCCO1. The lowest BCUT2D eigenvalue weighted by Crippen LogP contribution is -2.22. The average molecular weight is 263 g/mol. The van der Waals surface area contributed by atoms with Gasteiger partial charge in [0.1, 0.15) is 5.82 Å². The normalized spacial score (nSPS) is 19.1. The van der Waals surface area contributed by atoms with Crippen LogP contribution in [0.1, 0.15) is 37.7 Å². The standard InChI is InChI=1S/C14H21N3O2/c1-10-8-11(15)9-16-14(10)17-13(18)6-5-12-4-2-3-7-19-12/h8-9,12H,2-7,15H2,1H3,(H,16,17,18). The summed E-state index contributed by atoms with van der Waals surface area (Å²) in [6.45, 7) is 2.70. The van der Waals surface area contributed by atoms with E-state index in [2.05, 4.69) is 10.3 Å². The molecule has 1 aliphatic rings. The Bertz CT molecular complexity index is 442. The number of aryl methyl sites for hydroxylation is 1. The minimum Gasteiger partial charge on any atom is -0.397 e. The molecule has 2 heterocycles. The van der Waals surface area contributed by atoms with Crippen molar-refractivity contribution in [2.75, 3.05) is 17.7 Å². The van der Waals surface area contributed by atoms with Crippen molar-refractivity contribution >= 4 is 17.4 Å². The Hall–Kier alpha value is -1.62. The molecule has 5 nitrogen and oxygen atoms in total. The number of amides is 1. The summed E-state index contributed by atoms with van der Waals surface area (Å²) >= 11 is 0. The van der Waals surface area contributed by atoms with Crippen molar-refractivity contribution in [3.63, 3.8) is 0 Å². The Morgan fingerprint density at radius 2 is 2.42 bits per heavy atom. The second-order valence-corrected chi connectivity index (χ2v) is 5.01. The van der Waals surface area contributed by atoms with Gasteiger partial charge in [-0.05, 0) is 44.2 Å². The molecule has 1 aromatic rings. The smallest absolute Gasteiger partial charge is 0.225 e. The number of anilines is 2. The highest BCUT2D eigenvalue weighted by Crippen LogP contribution is 2.18. The van der Waals surface area contributed by atoms with Gasteiger partial charge in [0, 0.05) is 13.0 Å². The van der Waals surface area contributed by atoms with Crippen LogP contribution in [0.4, 0.5) is 11.5 Å². The molecular formula is C14H21N3O2.